The Bertz CT molecular complexity index is 427. The molecule has 0 bridgehead atoms. The fraction of sp³-hybridized carbons (Fsp3) is 0.429. The third-order valence-corrected chi connectivity index (χ3v) is 2.55. The molecule has 0 aliphatic rings. The van der Waals surface area contributed by atoms with Crippen LogP contribution in [0.1, 0.15) is 18.1 Å². The average Bonchev–Trinajstić information content (AvgIpc) is 2.34. The molecule has 0 heterocycles. The van der Waals surface area contributed by atoms with Crippen molar-refractivity contribution in [1.82, 2.24) is 5.32 Å². The van der Waals surface area contributed by atoms with E-state index in [0.717, 1.165) is 11.6 Å². The van der Waals surface area contributed by atoms with E-state index in [2.05, 4.69) is 5.32 Å². The maximum atomic E-state index is 12.8. The van der Waals surface area contributed by atoms with Gasteiger partial charge in [0.05, 0.1) is 12.2 Å². The number of hydrogen-bond donors (Lipinski definition) is 1. The first kappa shape index (κ1) is 15.7. The molecule has 19 heavy (non-hydrogen) atoms. The van der Waals surface area contributed by atoms with E-state index < -0.39 is 11.7 Å². The molecule has 0 atom stereocenters. The van der Waals surface area contributed by atoms with Gasteiger partial charge in [0.1, 0.15) is 0 Å². The van der Waals surface area contributed by atoms with Crippen LogP contribution in [0.3, 0.4) is 0 Å². The number of methoxy groups -OCH3 is 1. The van der Waals surface area contributed by atoms with E-state index in [1.807, 2.05) is 0 Å². The summed E-state index contributed by atoms with van der Waals surface area (Å²) in [5.74, 6) is 0. The molecular weight excluding hydrogens is 255 g/mol. The minimum absolute atomic E-state index is 0.195. The van der Waals surface area contributed by atoms with Crippen molar-refractivity contribution in [2.24, 2.45) is 0 Å². The predicted octanol–water partition coefficient (Wildman–Crippen LogP) is 3.34. The molecule has 1 N–H and O–H groups in total. The van der Waals surface area contributed by atoms with Gasteiger partial charge in [0.25, 0.3) is 0 Å². The van der Waals surface area contributed by atoms with E-state index in [-0.39, 0.29) is 5.56 Å². The summed E-state index contributed by atoms with van der Waals surface area (Å²) >= 11 is 0. The van der Waals surface area contributed by atoms with Crippen LogP contribution >= 0.6 is 0 Å². The highest BCUT2D eigenvalue weighted by molar-refractivity contribution is 5.57. The standard InChI is InChI=1S/C14H18F3NO/c1-11(10-18-7-8-19-2)9-12-5-3-4-6-13(12)14(15,16)17/h3-6,9,18H,7-8,10H2,1-2H3. The lowest BCUT2D eigenvalue weighted by molar-refractivity contribution is -0.137. The van der Waals surface area contributed by atoms with Crippen molar-refractivity contribution in [1.29, 1.82) is 0 Å². The number of benzene rings is 1. The highest BCUT2D eigenvalue weighted by Gasteiger charge is 2.32. The molecule has 1 aromatic rings. The van der Waals surface area contributed by atoms with E-state index in [4.69, 9.17) is 4.74 Å². The molecule has 0 saturated heterocycles. The molecule has 2 nitrogen and oxygen atoms in total. The molecule has 0 fully saturated rings. The number of alkyl halides is 3. The highest BCUT2D eigenvalue weighted by Crippen LogP contribution is 2.32. The fourth-order valence-corrected chi connectivity index (χ4v) is 1.66. The van der Waals surface area contributed by atoms with E-state index in [1.54, 1.807) is 26.2 Å². The Morgan fingerprint density at radius 2 is 2.00 bits per heavy atom. The van der Waals surface area contributed by atoms with Crippen molar-refractivity contribution >= 4 is 6.08 Å². The van der Waals surface area contributed by atoms with Crippen LogP contribution in [0.15, 0.2) is 29.8 Å². The lowest BCUT2D eigenvalue weighted by Crippen LogP contribution is -2.21. The Balaban J connectivity index is 2.75. The van der Waals surface area contributed by atoms with Crippen molar-refractivity contribution in [2.75, 3.05) is 26.8 Å². The first-order valence-electron chi connectivity index (χ1n) is 5.98. The molecule has 0 aliphatic heterocycles. The quantitative estimate of drug-likeness (QED) is 0.803. The summed E-state index contributed by atoms with van der Waals surface area (Å²) in [6.07, 6.45) is -2.76. The SMILES string of the molecule is COCCNCC(C)=Cc1ccccc1C(F)(F)F. The zero-order valence-electron chi connectivity index (χ0n) is 11.1. The Labute approximate surface area is 111 Å². The van der Waals surface area contributed by atoms with Gasteiger partial charge in [-0.1, -0.05) is 29.8 Å². The van der Waals surface area contributed by atoms with Crippen LogP contribution in [0, 0.1) is 0 Å². The van der Waals surface area contributed by atoms with Crippen LogP contribution in [0.4, 0.5) is 13.2 Å². The zero-order chi connectivity index (χ0) is 14.3. The summed E-state index contributed by atoms with van der Waals surface area (Å²) in [6.45, 7) is 3.58. The van der Waals surface area contributed by atoms with Crippen LogP contribution in [-0.2, 0) is 10.9 Å². The molecule has 0 amide bonds. The number of rotatable bonds is 6. The summed E-state index contributed by atoms with van der Waals surface area (Å²) < 4.78 is 43.2. The van der Waals surface area contributed by atoms with E-state index in [9.17, 15) is 13.2 Å². The van der Waals surface area contributed by atoms with Crippen LogP contribution in [0.25, 0.3) is 6.08 Å². The topological polar surface area (TPSA) is 21.3 Å². The van der Waals surface area contributed by atoms with Crippen molar-refractivity contribution < 1.29 is 17.9 Å². The minimum Gasteiger partial charge on any atom is -0.383 e. The molecule has 5 heteroatoms. The fourth-order valence-electron chi connectivity index (χ4n) is 1.66. The van der Waals surface area contributed by atoms with Crippen molar-refractivity contribution in [3.05, 3.63) is 41.0 Å². The number of ether oxygens (including phenoxy) is 1. The summed E-state index contributed by atoms with van der Waals surface area (Å²) in [5, 5.41) is 3.09. The van der Waals surface area contributed by atoms with Gasteiger partial charge in [-0.15, -0.1) is 0 Å². The lowest BCUT2D eigenvalue weighted by Gasteiger charge is -2.11. The Kier molecular flexibility index (Phi) is 6.05. The first-order chi connectivity index (χ1) is 8.95. The molecule has 0 aliphatic carbocycles. The molecule has 106 valence electrons. The molecular formula is C14H18F3NO. The van der Waals surface area contributed by atoms with Crippen molar-refractivity contribution in [3.8, 4) is 0 Å². The van der Waals surface area contributed by atoms with Gasteiger partial charge in [-0.3, -0.25) is 0 Å². The van der Waals surface area contributed by atoms with E-state index >= 15 is 0 Å². The summed E-state index contributed by atoms with van der Waals surface area (Å²) in [6, 6.07) is 5.57. The lowest BCUT2D eigenvalue weighted by atomic mass is 10.0. The number of nitrogens with one attached hydrogen (secondary N) is 1. The Morgan fingerprint density at radius 3 is 2.63 bits per heavy atom. The van der Waals surface area contributed by atoms with E-state index in [0.29, 0.717) is 19.7 Å². The van der Waals surface area contributed by atoms with Gasteiger partial charge in [0.15, 0.2) is 0 Å². The molecule has 0 radical (unpaired) electrons. The van der Waals surface area contributed by atoms with Gasteiger partial charge in [-0.2, -0.15) is 13.2 Å². The third-order valence-electron chi connectivity index (χ3n) is 2.55. The third kappa shape index (κ3) is 5.44. The number of hydrogen-bond acceptors (Lipinski definition) is 2. The van der Waals surface area contributed by atoms with Crippen LogP contribution in [0.5, 0.6) is 0 Å². The van der Waals surface area contributed by atoms with Gasteiger partial charge >= 0.3 is 6.18 Å². The monoisotopic (exact) mass is 273 g/mol. The molecule has 0 saturated carbocycles. The zero-order valence-corrected chi connectivity index (χ0v) is 11.1. The second-order valence-electron chi connectivity index (χ2n) is 4.25. The average molecular weight is 273 g/mol. The van der Waals surface area contributed by atoms with Crippen molar-refractivity contribution in [3.63, 3.8) is 0 Å². The van der Waals surface area contributed by atoms with Crippen molar-refractivity contribution in [2.45, 2.75) is 13.1 Å². The largest absolute Gasteiger partial charge is 0.416 e. The van der Waals surface area contributed by atoms with Crippen LogP contribution in [-0.4, -0.2) is 26.8 Å². The second-order valence-corrected chi connectivity index (χ2v) is 4.25. The summed E-state index contributed by atoms with van der Waals surface area (Å²) in [4.78, 5) is 0. The van der Waals surface area contributed by atoms with Gasteiger partial charge in [0.2, 0.25) is 0 Å². The minimum atomic E-state index is -4.32. The second kappa shape index (κ2) is 7.31. The molecule has 1 rings (SSSR count). The van der Waals surface area contributed by atoms with Gasteiger partial charge in [-0.05, 0) is 18.6 Å². The molecule has 0 aromatic heterocycles. The predicted molar refractivity (Wildman–Crippen MR) is 69.8 cm³/mol. The maximum Gasteiger partial charge on any atom is 0.416 e. The van der Waals surface area contributed by atoms with Crippen LogP contribution < -0.4 is 5.32 Å². The van der Waals surface area contributed by atoms with Gasteiger partial charge in [-0.25, -0.2) is 0 Å². The smallest absolute Gasteiger partial charge is 0.383 e. The van der Waals surface area contributed by atoms with E-state index in [1.165, 1.54) is 12.1 Å². The van der Waals surface area contributed by atoms with Gasteiger partial charge < -0.3 is 10.1 Å². The maximum absolute atomic E-state index is 12.8. The summed E-state index contributed by atoms with van der Waals surface area (Å²) in [5.41, 5.74) is 0.431. The molecule has 0 unspecified atom stereocenters. The summed E-state index contributed by atoms with van der Waals surface area (Å²) in [7, 11) is 1.60. The van der Waals surface area contributed by atoms with Crippen LogP contribution in [0.2, 0.25) is 0 Å². The van der Waals surface area contributed by atoms with Gasteiger partial charge in [0, 0.05) is 20.2 Å². The Morgan fingerprint density at radius 1 is 1.32 bits per heavy atom. The highest BCUT2D eigenvalue weighted by atomic mass is 19.4. The molecule has 0 spiro atoms. The molecule has 1 aromatic carbocycles. The Hall–Kier alpha value is -1.33. The normalized spacial score (nSPS) is 12.8. The first-order valence-corrected chi connectivity index (χ1v) is 5.98. The number of halogens is 3.